The van der Waals surface area contributed by atoms with Gasteiger partial charge in [-0.2, -0.15) is 0 Å². The zero-order valence-electron chi connectivity index (χ0n) is 16.4. The van der Waals surface area contributed by atoms with Gasteiger partial charge in [-0.1, -0.05) is 36.4 Å². The molecular formula is C23H26N2O3. The van der Waals surface area contributed by atoms with Crippen LogP contribution in [0.5, 0.6) is 5.75 Å². The Bertz CT molecular complexity index is 874. The van der Waals surface area contributed by atoms with E-state index in [0.717, 1.165) is 41.7 Å². The lowest BCUT2D eigenvalue weighted by Crippen LogP contribution is -2.48. The molecule has 1 aliphatic heterocycles. The maximum absolute atomic E-state index is 13.3. The lowest BCUT2D eigenvalue weighted by atomic mass is 9.91. The summed E-state index contributed by atoms with van der Waals surface area (Å²) in [4.78, 5) is 27.9. The normalized spacial score (nSPS) is 19.5. The van der Waals surface area contributed by atoms with Crippen molar-refractivity contribution in [2.24, 2.45) is 5.92 Å². The van der Waals surface area contributed by atoms with Crippen molar-refractivity contribution in [2.75, 3.05) is 13.7 Å². The maximum Gasteiger partial charge on any atom is 0.247 e. The molecule has 2 aromatic carbocycles. The van der Waals surface area contributed by atoms with Gasteiger partial charge in [-0.05, 0) is 55.0 Å². The average Bonchev–Trinajstić information content (AvgIpc) is 3.57. The first-order valence-corrected chi connectivity index (χ1v) is 9.91. The SMILES string of the molecule is COc1ccc(C(C)NC(=O)C2c3ccccc3CCN2C(=O)C2CC2)cc1. The van der Waals surface area contributed by atoms with Crippen LogP contribution in [0.4, 0.5) is 0 Å². The van der Waals surface area contributed by atoms with E-state index in [0.29, 0.717) is 6.54 Å². The van der Waals surface area contributed by atoms with Crippen molar-refractivity contribution in [3.63, 3.8) is 0 Å². The largest absolute Gasteiger partial charge is 0.497 e. The Hall–Kier alpha value is -2.82. The average molecular weight is 378 g/mol. The molecule has 1 fully saturated rings. The van der Waals surface area contributed by atoms with Crippen LogP contribution in [0, 0.1) is 5.92 Å². The summed E-state index contributed by atoms with van der Waals surface area (Å²) < 4.78 is 5.20. The number of nitrogens with zero attached hydrogens (tertiary/aromatic N) is 1. The van der Waals surface area contributed by atoms with Crippen molar-refractivity contribution in [1.29, 1.82) is 0 Å². The number of methoxy groups -OCH3 is 1. The molecule has 4 rings (SSSR count). The van der Waals surface area contributed by atoms with E-state index in [4.69, 9.17) is 4.74 Å². The summed E-state index contributed by atoms with van der Waals surface area (Å²) in [5.74, 6) is 0.875. The molecule has 2 unspecified atom stereocenters. The Morgan fingerprint density at radius 1 is 1.11 bits per heavy atom. The zero-order valence-corrected chi connectivity index (χ0v) is 16.4. The fourth-order valence-corrected chi connectivity index (χ4v) is 3.92. The van der Waals surface area contributed by atoms with Gasteiger partial charge in [0.05, 0.1) is 13.2 Å². The molecule has 1 N–H and O–H groups in total. The van der Waals surface area contributed by atoms with E-state index >= 15 is 0 Å². The first kappa shape index (κ1) is 18.5. The number of benzene rings is 2. The summed E-state index contributed by atoms with van der Waals surface area (Å²) in [6.07, 6.45) is 2.67. The Morgan fingerprint density at radius 3 is 2.50 bits per heavy atom. The molecule has 0 aromatic heterocycles. The number of hydrogen-bond acceptors (Lipinski definition) is 3. The van der Waals surface area contributed by atoms with E-state index in [9.17, 15) is 9.59 Å². The smallest absolute Gasteiger partial charge is 0.247 e. The Balaban J connectivity index is 1.57. The van der Waals surface area contributed by atoms with Crippen molar-refractivity contribution in [2.45, 2.75) is 38.3 Å². The molecule has 0 saturated heterocycles. The summed E-state index contributed by atoms with van der Waals surface area (Å²) in [5, 5.41) is 3.11. The number of hydrogen-bond donors (Lipinski definition) is 1. The van der Waals surface area contributed by atoms with Gasteiger partial charge in [0.1, 0.15) is 11.8 Å². The second-order valence-corrected chi connectivity index (χ2v) is 7.66. The van der Waals surface area contributed by atoms with Gasteiger partial charge in [-0.15, -0.1) is 0 Å². The molecule has 2 amide bonds. The minimum absolute atomic E-state index is 0.0968. The summed E-state index contributed by atoms with van der Waals surface area (Å²) >= 11 is 0. The van der Waals surface area contributed by atoms with Gasteiger partial charge >= 0.3 is 0 Å². The highest BCUT2D eigenvalue weighted by Crippen LogP contribution is 2.37. The maximum atomic E-state index is 13.3. The number of ether oxygens (including phenoxy) is 1. The molecule has 2 aromatic rings. The second kappa shape index (κ2) is 7.66. The Labute approximate surface area is 165 Å². The van der Waals surface area contributed by atoms with Crippen molar-refractivity contribution < 1.29 is 14.3 Å². The van der Waals surface area contributed by atoms with Crippen molar-refractivity contribution in [3.05, 3.63) is 65.2 Å². The number of fused-ring (bicyclic) bond motifs is 1. The van der Waals surface area contributed by atoms with Crippen molar-refractivity contribution in [3.8, 4) is 5.75 Å². The third-order valence-electron chi connectivity index (χ3n) is 5.72. The molecule has 5 heteroatoms. The first-order valence-electron chi connectivity index (χ1n) is 9.91. The summed E-state index contributed by atoms with van der Waals surface area (Å²) in [7, 11) is 1.63. The van der Waals surface area contributed by atoms with E-state index in [1.807, 2.05) is 49.4 Å². The van der Waals surface area contributed by atoms with E-state index in [-0.39, 0.29) is 23.8 Å². The van der Waals surface area contributed by atoms with Gasteiger partial charge in [0.2, 0.25) is 11.8 Å². The van der Waals surface area contributed by atoms with Crippen LogP contribution in [0.15, 0.2) is 48.5 Å². The highest BCUT2D eigenvalue weighted by molar-refractivity contribution is 5.91. The molecule has 2 atom stereocenters. The van der Waals surface area contributed by atoms with Crippen LogP contribution in [-0.4, -0.2) is 30.4 Å². The Kier molecular flexibility index (Phi) is 5.07. The van der Waals surface area contributed by atoms with Crippen LogP contribution in [0.3, 0.4) is 0 Å². The topological polar surface area (TPSA) is 58.6 Å². The molecule has 0 spiro atoms. The summed E-state index contributed by atoms with van der Waals surface area (Å²) in [5.41, 5.74) is 3.10. The van der Waals surface area contributed by atoms with Crippen LogP contribution < -0.4 is 10.1 Å². The second-order valence-electron chi connectivity index (χ2n) is 7.66. The molecule has 146 valence electrons. The number of carbonyl (C=O) groups is 2. The van der Waals surface area contributed by atoms with E-state index < -0.39 is 6.04 Å². The third-order valence-corrected chi connectivity index (χ3v) is 5.72. The number of nitrogens with one attached hydrogen (secondary N) is 1. The molecule has 1 heterocycles. The van der Waals surface area contributed by atoms with Gasteiger partial charge in [-0.3, -0.25) is 9.59 Å². The monoisotopic (exact) mass is 378 g/mol. The molecule has 1 aliphatic carbocycles. The molecular weight excluding hydrogens is 352 g/mol. The fraction of sp³-hybridized carbons (Fsp3) is 0.391. The molecule has 1 saturated carbocycles. The minimum Gasteiger partial charge on any atom is -0.497 e. The predicted molar refractivity (Wildman–Crippen MR) is 107 cm³/mol. The molecule has 5 nitrogen and oxygen atoms in total. The first-order chi connectivity index (χ1) is 13.6. The van der Waals surface area contributed by atoms with Crippen LogP contribution in [0.2, 0.25) is 0 Å². The lowest BCUT2D eigenvalue weighted by molar-refractivity contribution is -0.142. The lowest BCUT2D eigenvalue weighted by Gasteiger charge is -2.37. The summed E-state index contributed by atoms with van der Waals surface area (Å²) in [6, 6.07) is 14.9. The van der Waals surface area contributed by atoms with E-state index in [1.54, 1.807) is 12.0 Å². The Morgan fingerprint density at radius 2 is 1.82 bits per heavy atom. The van der Waals surface area contributed by atoms with Gasteiger partial charge in [0, 0.05) is 12.5 Å². The van der Waals surface area contributed by atoms with Crippen LogP contribution in [-0.2, 0) is 16.0 Å². The third kappa shape index (κ3) is 3.61. The highest BCUT2D eigenvalue weighted by atomic mass is 16.5. The molecule has 28 heavy (non-hydrogen) atoms. The number of carbonyl (C=O) groups excluding carboxylic acids is 2. The van der Waals surface area contributed by atoms with Crippen LogP contribution >= 0.6 is 0 Å². The van der Waals surface area contributed by atoms with Crippen LogP contribution in [0.1, 0.15) is 48.5 Å². The standard InChI is InChI=1S/C23H26N2O3/c1-15(16-9-11-19(28-2)12-10-16)24-22(26)21-20-6-4-3-5-17(20)13-14-25(21)23(27)18-7-8-18/h3-6,9-12,15,18,21H,7-8,13-14H2,1-2H3,(H,24,26). The van der Waals surface area contributed by atoms with Gasteiger partial charge < -0.3 is 15.0 Å². The quantitative estimate of drug-likeness (QED) is 0.867. The highest BCUT2D eigenvalue weighted by Gasteiger charge is 2.41. The van der Waals surface area contributed by atoms with Gasteiger partial charge in [0.15, 0.2) is 0 Å². The van der Waals surface area contributed by atoms with Crippen molar-refractivity contribution >= 4 is 11.8 Å². The zero-order chi connectivity index (χ0) is 19.7. The van der Waals surface area contributed by atoms with E-state index in [1.165, 1.54) is 0 Å². The molecule has 0 radical (unpaired) electrons. The summed E-state index contributed by atoms with van der Waals surface area (Å²) in [6.45, 7) is 2.56. The van der Waals surface area contributed by atoms with Crippen molar-refractivity contribution in [1.82, 2.24) is 10.2 Å². The van der Waals surface area contributed by atoms with E-state index in [2.05, 4.69) is 11.4 Å². The minimum atomic E-state index is -0.557. The fourth-order valence-electron chi connectivity index (χ4n) is 3.92. The van der Waals surface area contributed by atoms with Gasteiger partial charge in [-0.25, -0.2) is 0 Å². The number of amides is 2. The number of rotatable bonds is 5. The molecule has 0 bridgehead atoms. The van der Waals surface area contributed by atoms with Gasteiger partial charge in [0.25, 0.3) is 0 Å². The predicted octanol–water partition coefficient (Wildman–Crippen LogP) is 3.41. The molecule has 2 aliphatic rings. The van der Waals surface area contributed by atoms with Crippen LogP contribution in [0.25, 0.3) is 0 Å².